The van der Waals surface area contributed by atoms with Gasteiger partial charge >= 0.3 is 0 Å². The highest BCUT2D eigenvalue weighted by molar-refractivity contribution is 7.78. The minimum absolute atomic E-state index is 0.364. The van der Waals surface area contributed by atoms with Crippen LogP contribution >= 0.6 is 12.2 Å². The van der Waals surface area contributed by atoms with Crippen LogP contribution in [0.1, 0.15) is 0 Å². The van der Waals surface area contributed by atoms with Crippen molar-refractivity contribution in [2.75, 3.05) is 6.61 Å². The van der Waals surface area contributed by atoms with Gasteiger partial charge in [0.1, 0.15) is 30.2 Å². The first kappa shape index (κ1) is 16.0. The summed E-state index contributed by atoms with van der Waals surface area (Å²) < 4.78 is 10.6. The zero-order valence-corrected chi connectivity index (χ0v) is 11.7. The van der Waals surface area contributed by atoms with E-state index in [4.69, 9.17) is 14.6 Å². The maximum absolute atomic E-state index is 9.84. The molecule has 0 aliphatic carbocycles. The van der Waals surface area contributed by atoms with E-state index in [1.54, 1.807) is 24.3 Å². The third-order valence-corrected chi connectivity index (χ3v) is 3.20. The van der Waals surface area contributed by atoms with Gasteiger partial charge in [0.15, 0.2) is 0 Å². The quantitative estimate of drug-likeness (QED) is 0.442. The normalized spacial score (nSPS) is 32.3. The molecule has 114 valence electrons. The molecule has 1 heterocycles. The van der Waals surface area contributed by atoms with Crippen molar-refractivity contribution >= 4 is 23.1 Å². The lowest BCUT2D eigenvalue weighted by Crippen LogP contribution is -2.60. The first-order valence-electron chi connectivity index (χ1n) is 6.22. The second-order valence-corrected chi connectivity index (χ2v) is 4.69. The van der Waals surface area contributed by atoms with Crippen LogP contribution in [0.2, 0.25) is 0 Å². The van der Waals surface area contributed by atoms with Gasteiger partial charge in [-0.3, -0.25) is 0 Å². The summed E-state index contributed by atoms with van der Waals surface area (Å²) in [5.74, 6) is 0.364. The molecule has 0 bridgehead atoms. The number of rotatable bonds is 4. The number of aliphatic hydroxyl groups excluding tert-OH is 4. The van der Waals surface area contributed by atoms with Gasteiger partial charge in [0, 0.05) is 0 Å². The molecular weight excluding hydrogens is 298 g/mol. The second kappa shape index (κ2) is 7.06. The van der Waals surface area contributed by atoms with E-state index < -0.39 is 37.3 Å². The molecule has 5 atom stereocenters. The molecule has 0 unspecified atom stereocenters. The van der Waals surface area contributed by atoms with Crippen LogP contribution in [0.4, 0.5) is 5.69 Å². The Morgan fingerprint density at radius 1 is 1.14 bits per heavy atom. The first-order valence-corrected chi connectivity index (χ1v) is 6.62. The topological polar surface area (TPSA) is 112 Å². The van der Waals surface area contributed by atoms with Crippen LogP contribution < -0.4 is 4.74 Å². The summed E-state index contributed by atoms with van der Waals surface area (Å²) in [7, 11) is 0. The van der Waals surface area contributed by atoms with Crippen LogP contribution in [-0.2, 0) is 4.74 Å². The number of hydrogen-bond donors (Lipinski definition) is 4. The molecule has 0 radical (unpaired) electrons. The number of aliphatic imine (C=N–C) groups is 1. The van der Waals surface area contributed by atoms with Crippen molar-refractivity contribution in [1.82, 2.24) is 0 Å². The van der Waals surface area contributed by atoms with E-state index >= 15 is 0 Å². The van der Waals surface area contributed by atoms with E-state index in [0.29, 0.717) is 11.4 Å². The van der Waals surface area contributed by atoms with Crippen LogP contribution in [0, 0.1) is 0 Å². The molecule has 0 spiro atoms. The third-order valence-electron chi connectivity index (χ3n) is 3.11. The van der Waals surface area contributed by atoms with Crippen molar-refractivity contribution in [2.24, 2.45) is 4.99 Å². The lowest BCUT2D eigenvalue weighted by Gasteiger charge is -2.39. The summed E-state index contributed by atoms with van der Waals surface area (Å²) >= 11 is 4.49. The second-order valence-electron chi connectivity index (χ2n) is 4.51. The Hall–Kier alpha value is -1.38. The molecule has 1 aliphatic rings. The number of hydrogen-bond acceptors (Lipinski definition) is 8. The molecule has 1 aliphatic heterocycles. The number of thiocarbonyl (C=S) groups is 1. The summed E-state index contributed by atoms with van der Waals surface area (Å²) in [5.41, 5.74) is 0.589. The molecule has 1 fully saturated rings. The third kappa shape index (κ3) is 3.63. The van der Waals surface area contributed by atoms with Crippen molar-refractivity contribution in [3.8, 4) is 5.75 Å². The largest absolute Gasteiger partial charge is 0.462 e. The average molecular weight is 313 g/mol. The maximum Gasteiger partial charge on any atom is 0.229 e. The van der Waals surface area contributed by atoms with Crippen LogP contribution in [0.15, 0.2) is 29.3 Å². The smallest absolute Gasteiger partial charge is 0.229 e. The fourth-order valence-electron chi connectivity index (χ4n) is 1.95. The fourth-order valence-corrected chi connectivity index (χ4v) is 2.06. The highest BCUT2D eigenvalue weighted by Gasteiger charge is 2.44. The molecule has 0 amide bonds. The van der Waals surface area contributed by atoms with Gasteiger partial charge in [-0.05, 0) is 36.5 Å². The SMILES string of the molecule is OC[C@H]1O[C@@H](Oc2ccc(N=C=S)cc2)[C@H](O)[C@@H](O)[C@H]1O. The Bertz CT molecular complexity index is 516. The van der Waals surface area contributed by atoms with Crippen LogP contribution in [0.3, 0.4) is 0 Å². The monoisotopic (exact) mass is 313 g/mol. The number of ether oxygens (including phenoxy) is 2. The van der Waals surface area contributed by atoms with E-state index in [0.717, 1.165) is 0 Å². The Labute approximate surface area is 126 Å². The fraction of sp³-hybridized carbons (Fsp3) is 0.462. The van der Waals surface area contributed by atoms with Gasteiger partial charge in [0.2, 0.25) is 6.29 Å². The summed E-state index contributed by atoms with van der Waals surface area (Å²) in [4.78, 5) is 3.78. The van der Waals surface area contributed by atoms with Crippen LogP contribution in [0.5, 0.6) is 5.75 Å². The molecule has 7 nitrogen and oxygen atoms in total. The molecular formula is C13H15NO6S. The molecule has 0 saturated carbocycles. The zero-order chi connectivity index (χ0) is 15.4. The van der Waals surface area contributed by atoms with Crippen molar-refractivity contribution in [1.29, 1.82) is 0 Å². The van der Waals surface area contributed by atoms with E-state index in [9.17, 15) is 15.3 Å². The lowest BCUT2D eigenvalue weighted by atomic mass is 9.99. The Morgan fingerprint density at radius 3 is 2.38 bits per heavy atom. The maximum atomic E-state index is 9.84. The van der Waals surface area contributed by atoms with Gasteiger partial charge in [-0.2, -0.15) is 4.99 Å². The number of aliphatic hydroxyl groups is 4. The molecule has 8 heteroatoms. The van der Waals surface area contributed by atoms with Gasteiger partial charge in [0.05, 0.1) is 17.5 Å². The summed E-state index contributed by atoms with van der Waals surface area (Å²) in [6, 6.07) is 6.40. The van der Waals surface area contributed by atoms with Crippen molar-refractivity contribution in [2.45, 2.75) is 30.7 Å². The summed E-state index contributed by atoms with van der Waals surface area (Å²) in [6.07, 6.45) is -6.54. The summed E-state index contributed by atoms with van der Waals surface area (Å²) in [5, 5.41) is 40.5. The number of isothiocyanates is 1. The molecule has 21 heavy (non-hydrogen) atoms. The minimum Gasteiger partial charge on any atom is -0.462 e. The Morgan fingerprint density at radius 2 is 1.81 bits per heavy atom. The van der Waals surface area contributed by atoms with Crippen molar-refractivity contribution in [3.05, 3.63) is 24.3 Å². The summed E-state index contributed by atoms with van der Waals surface area (Å²) in [6.45, 7) is -0.507. The minimum atomic E-state index is -1.47. The predicted molar refractivity (Wildman–Crippen MR) is 75.5 cm³/mol. The van der Waals surface area contributed by atoms with Crippen LogP contribution in [-0.4, -0.2) is 62.9 Å². The standard InChI is InChI=1S/C13H15NO6S/c15-5-9-10(16)11(17)12(18)13(20-9)19-8-3-1-7(2-4-8)14-6-21/h1-4,9-13,15-18H,5H2/t9-,10+,11+,12-,13-/m1/s1. The van der Waals surface area contributed by atoms with E-state index in [1.165, 1.54) is 0 Å². The average Bonchev–Trinajstić information content (AvgIpc) is 2.50. The van der Waals surface area contributed by atoms with Crippen molar-refractivity contribution in [3.63, 3.8) is 0 Å². The lowest BCUT2D eigenvalue weighted by molar-refractivity contribution is -0.277. The van der Waals surface area contributed by atoms with E-state index in [2.05, 4.69) is 22.4 Å². The highest BCUT2D eigenvalue weighted by atomic mass is 32.1. The van der Waals surface area contributed by atoms with Gasteiger partial charge in [-0.25, -0.2) is 0 Å². The number of nitrogens with zero attached hydrogens (tertiary/aromatic N) is 1. The van der Waals surface area contributed by atoms with Crippen LogP contribution in [0.25, 0.3) is 0 Å². The van der Waals surface area contributed by atoms with E-state index in [1.807, 2.05) is 0 Å². The Balaban J connectivity index is 2.08. The van der Waals surface area contributed by atoms with Gasteiger partial charge < -0.3 is 29.9 Å². The zero-order valence-electron chi connectivity index (χ0n) is 10.9. The van der Waals surface area contributed by atoms with E-state index in [-0.39, 0.29) is 0 Å². The van der Waals surface area contributed by atoms with Crippen molar-refractivity contribution < 1.29 is 29.9 Å². The Kier molecular flexibility index (Phi) is 5.38. The number of benzene rings is 1. The van der Waals surface area contributed by atoms with Gasteiger partial charge in [-0.15, -0.1) is 0 Å². The molecule has 1 saturated heterocycles. The molecule has 1 aromatic rings. The predicted octanol–water partition coefficient (Wildman–Crippen LogP) is -0.400. The molecule has 0 aromatic heterocycles. The molecule has 2 rings (SSSR count). The molecule has 4 N–H and O–H groups in total. The first-order chi connectivity index (χ1) is 10.1. The van der Waals surface area contributed by atoms with Gasteiger partial charge in [0.25, 0.3) is 0 Å². The highest BCUT2D eigenvalue weighted by Crippen LogP contribution is 2.25. The molecule has 1 aromatic carbocycles. The van der Waals surface area contributed by atoms with Gasteiger partial charge in [-0.1, -0.05) is 0 Å².